The van der Waals surface area contributed by atoms with Gasteiger partial charge in [-0.3, -0.25) is 9.59 Å². The quantitative estimate of drug-likeness (QED) is 0.500. The van der Waals surface area contributed by atoms with Crippen LogP contribution in [0, 0.1) is 10.1 Å². The van der Waals surface area contributed by atoms with Crippen LogP contribution in [-0.4, -0.2) is 27.8 Å². The molecule has 2 aliphatic carbocycles. The van der Waals surface area contributed by atoms with Crippen molar-refractivity contribution in [2.75, 3.05) is 0 Å². The van der Waals surface area contributed by atoms with Crippen LogP contribution in [0.4, 0.5) is 0 Å². The number of nitrogens with two attached hydrogens (primary N) is 1. The molecule has 0 aliphatic heterocycles. The van der Waals surface area contributed by atoms with Crippen molar-refractivity contribution in [1.82, 2.24) is 15.3 Å². The second kappa shape index (κ2) is 8.43. The molecule has 0 atom stereocenters. The fourth-order valence-corrected chi connectivity index (χ4v) is 4.89. The van der Waals surface area contributed by atoms with Gasteiger partial charge < -0.3 is 20.5 Å². The summed E-state index contributed by atoms with van der Waals surface area (Å²) in [6.45, 7) is 1.31. The zero-order valence-electron chi connectivity index (χ0n) is 17.0. The van der Waals surface area contributed by atoms with Gasteiger partial charge in [-0.1, -0.05) is 23.8 Å². The Morgan fingerprint density at radius 1 is 1.26 bits per heavy atom. The molecule has 2 aliphatic rings. The minimum atomic E-state index is -0.333. The Balaban J connectivity index is 0.000000535. The topological polar surface area (TPSA) is 114 Å². The lowest BCUT2D eigenvalue weighted by Crippen LogP contribution is -2.55. The third-order valence-electron chi connectivity index (χ3n) is 5.81. The van der Waals surface area contributed by atoms with Crippen LogP contribution in [0.15, 0.2) is 40.9 Å². The van der Waals surface area contributed by atoms with Gasteiger partial charge >= 0.3 is 0 Å². The van der Waals surface area contributed by atoms with Crippen molar-refractivity contribution in [2.24, 2.45) is 11.1 Å². The Hall–Kier alpha value is -2.71. The molecule has 2 heterocycles. The molecule has 5 rings (SSSR count). The third-order valence-corrected chi connectivity index (χ3v) is 6.28. The van der Waals surface area contributed by atoms with E-state index in [0.29, 0.717) is 26.6 Å². The molecule has 2 amide bonds. The summed E-state index contributed by atoms with van der Waals surface area (Å²) in [5, 5.41) is 3.78. The summed E-state index contributed by atoms with van der Waals surface area (Å²) in [5.74, 6) is 0.783. The lowest BCUT2D eigenvalue weighted by atomic mass is 9.50. The molecular formula is C22H23ClN4O3S. The number of rotatable bonds is 3. The number of hydrogen-bond donors (Lipinski definition) is 3. The molecule has 3 aromatic rings. The summed E-state index contributed by atoms with van der Waals surface area (Å²) in [7, 11) is 0. The Labute approximate surface area is 189 Å². The van der Waals surface area contributed by atoms with Crippen molar-refractivity contribution in [1.29, 1.82) is 0 Å². The van der Waals surface area contributed by atoms with Crippen molar-refractivity contribution in [3.05, 3.63) is 57.6 Å². The number of benzene rings is 1. The number of hydrogen-bond acceptors (Lipinski definition) is 5. The molecule has 0 unspecified atom stereocenters. The fraction of sp³-hybridized carbons (Fsp3) is 0.364. The monoisotopic (exact) mass is 458 g/mol. The van der Waals surface area contributed by atoms with Gasteiger partial charge in [0.2, 0.25) is 5.91 Å². The molecule has 7 nitrogen and oxygen atoms in total. The highest BCUT2D eigenvalue weighted by atomic mass is 35.5. The number of nitrogens with zero attached hydrogens (tertiary/aromatic N) is 1. The standard InChI is InChI=1S/C20H18ClN3O2S.C2H5NO/c21-13-1-2-16-15(6-13)24-19(26-16)12-7-20(8-12)9-14(10-20)23-18(25)11-3-4-22-17(27)5-11;1-2(3)4/h1-6,12,14H,7-10H2,(H,22,27)(H,23,25);1H3,(H2,3,4). The van der Waals surface area contributed by atoms with Crippen LogP contribution in [-0.2, 0) is 4.79 Å². The smallest absolute Gasteiger partial charge is 0.251 e. The Bertz CT molecular complexity index is 1190. The number of pyridine rings is 1. The van der Waals surface area contributed by atoms with E-state index in [9.17, 15) is 9.59 Å². The van der Waals surface area contributed by atoms with Crippen molar-refractivity contribution in [2.45, 2.75) is 44.6 Å². The van der Waals surface area contributed by atoms with Crippen LogP contribution in [0.1, 0.15) is 54.8 Å². The number of carbonyl (C=O) groups is 2. The third kappa shape index (κ3) is 4.80. The Morgan fingerprint density at radius 3 is 2.65 bits per heavy atom. The first-order chi connectivity index (χ1) is 14.7. The summed E-state index contributed by atoms with van der Waals surface area (Å²) < 4.78 is 6.46. The zero-order valence-corrected chi connectivity index (χ0v) is 18.6. The first-order valence-corrected chi connectivity index (χ1v) is 10.8. The maximum Gasteiger partial charge on any atom is 0.251 e. The van der Waals surface area contributed by atoms with Gasteiger partial charge in [-0.25, -0.2) is 4.98 Å². The molecular weight excluding hydrogens is 436 g/mol. The predicted molar refractivity (Wildman–Crippen MR) is 120 cm³/mol. The number of amides is 2. The molecule has 4 N–H and O–H groups in total. The number of fused-ring (bicyclic) bond motifs is 1. The summed E-state index contributed by atoms with van der Waals surface area (Å²) in [6, 6.07) is 9.20. The van der Waals surface area contributed by atoms with Gasteiger partial charge in [0.05, 0.1) is 0 Å². The molecule has 9 heteroatoms. The van der Waals surface area contributed by atoms with E-state index in [2.05, 4.69) is 21.0 Å². The van der Waals surface area contributed by atoms with Crippen LogP contribution in [0.2, 0.25) is 5.02 Å². The molecule has 2 saturated carbocycles. The van der Waals surface area contributed by atoms with Gasteiger partial charge in [0.15, 0.2) is 11.5 Å². The van der Waals surface area contributed by atoms with E-state index in [0.717, 1.165) is 42.7 Å². The van der Waals surface area contributed by atoms with Crippen molar-refractivity contribution in [3.63, 3.8) is 0 Å². The van der Waals surface area contributed by atoms with Crippen LogP contribution in [0.5, 0.6) is 0 Å². The van der Waals surface area contributed by atoms with Gasteiger partial charge in [0.1, 0.15) is 10.2 Å². The number of aromatic nitrogens is 2. The summed E-state index contributed by atoms with van der Waals surface area (Å²) in [5.41, 5.74) is 7.01. The van der Waals surface area contributed by atoms with Gasteiger partial charge in [0.25, 0.3) is 5.91 Å². The van der Waals surface area contributed by atoms with Gasteiger partial charge in [-0.15, -0.1) is 0 Å². The molecule has 162 valence electrons. The SMILES string of the molecule is CC(N)=O.O=C(NC1CC2(C1)CC(c1nc3cc(Cl)ccc3o1)C2)c1cc[nH]c(=S)c1. The number of oxazole rings is 1. The van der Waals surface area contributed by atoms with Crippen LogP contribution in [0.3, 0.4) is 0 Å². The molecule has 2 aromatic heterocycles. The lowest BCUT2D eigenvalue weighted by Gasteiger charge is -2.57. The number of carbonyl (C=O) groups excluding carboxylic acids is 2. The second-order valence-electron chi connectivity index (χ2n) is 8.40. The summed E-state index contributed by atoms with van der Waals surface area (Å²) >= 11 is 11.1. The molecule has 31 heavy (non-hydrogen) atoms. The Kier molecular flexibility index (Phi) is 5.85. The van der Waals surface area contributed by atoms with Gasteiger partial charge in [-0.05, 0) is 61.4 Å². The largest absolute Gasteiger partial charge is 0.440 e. The molecule has 2 fully saturated rings. The minimum absolute atomic E-state index is 0.0540. The molecule has 0 saturated heterocycles. The molecule has 1 spiro atoms. The highest BCUT2D eigenvalue weighted by Gasteiger charge is 2.54. The molecule has 1 aromatic carbocycles. The number of halogens is 1. The van der Waals surface area contributed by atoms with E-state index < -0.39 is 0 Å². The summed E-state index contributed by atoms with van der Waals surface area (Å²) in [6.07, 6.45) is 5.86. The van der Waals surface area contributed by atoms with E-state index in [1.54, 1.807) is 18.3 Å². The maximum absolute atomic E-state index is 12.3. The highest BCUT2D eigenvalue weighted by molar-refractivity contribution is 7.71. The number of H-pyrrole nitrogens is 1. The van der Waals surface area contributed by atoms with Crippen LogP contribution in [0.25, 0.3) is 11.1 Å². The average Bonchev–Trinajstić information content (AvgIpc) is 3.04. The van der Waals surface area contributed by atoms with Crippen molar-refractivity contribution >= 4 is 46.7 Å². The predicted octanol–water partition coefficient (Wildman–Crippen LogP) is 4.49. The number of aromatic amines is 1. The first-order valence-electron chi connectivity index (χ1n) is 10.0. The normalized spacial score (nSPS) is 23.9. The summed E-state index contributed by atoms with van der Waals surface area (Å²) in [4.78, 5) is 29.0. The van der Waals surface area contributed by atoms with E-state index in [-0.39, 0.29) is 17.9 Å². The molecule has 0 bridgehead atoms. The van der Waals surface area contributed by atoms with Gasteiger partial charge in [0, 0.05) is 35.7 Å². The highest BCUT2D eigenvalue weighted by Crippen LogP contribution is 2.61. The van der Waals surface area contributed by atoms with E-state index in [1.807, 2.05) is 18.2 Å². The lowest BCUT2D eigenvalue weighted by molar-refractivity contribution is -0.115. The fourth-order valence-electron chi connectivity index (χ4n) is 4.53. The second-order valence-corrected chi connectivity index (χ2v) is 9.28. The molecule has 0 radical (unpaired) electrons. The first kappa shape index (κ1) is 21.5. The van der Waals surface area contributed by atoms with Crippen LogP contribution >= 0.6 is 23.8 Å². The van der Waals surface area contributed by atoms with Crippen LogP contribution < -0.4 is 11.1 Å². The van der Waals surface area contributed by atoms with E-state index >= 15 is 0 Å². The average molecular weight is 459 g/mol. The van der Waals surface area contributed by atoms with Gasteiger partial charge in [-0.2, -0.15) is 0 Å². The maximum atomic E-state index is 12.3. The number of primary amides is 1. The zero-order chi connectivity index (χ0) is 22.2. The number of nitrogens with one attached hydrogen (secondary N) is 2. The van der Waals surface area contributed by atoms with Crippen molar-refractivity contribution < 1.29 is 14.0 Å². The van der Waals surface area contributed by atoms with Crippen molar-refractivity contribution in [3.8, 4) is 0 Å². The minimum Gasteiger partial charge on any atom is -0.440 e. The Morgan fingerprint density at radius 2 is 1.97 bits per heavy atom. The van der Waals surface area contributed by atoms with E-state index in [1.165, 1.54) is 6.92 Å². The van der Waals surface area contributed by atoms with E-state index in [4.69, 9.17) is 28.2 Å².